The van der Waals surface area contributed by atoms with Crippen LogP contribution in [0.15, 0.2) is 55.0 Å². The summed E-state index contributed by atoms with van der Waals surface area (Å²) in [5.74, 6) is 0.937. The van der Waals surface area contributed by atoms with E-state index >= 15 is 0 Å². The Labute approximate surface area is 162 Å². The summed E-state index contributed by atoms with van der Waals surface area (Å²) < 4.78 is 5.36. The fraction of sp³-hybridized carbons (Fsp3) is 0.150. The lowest BCUT2D eigenvalue weighted by Gasteiger charge is -2.13. The van der Waals surface area contributed by atoms with E-state index in [4.69, 9.17) is 16.3 Å². The van der Waals surface area contributed by atoms with Crippen LogP contribution in [-0.4, -0.2) is 23.0 Å². The molecule has 2 heterocycles. The number of nitrogens with one attached hydrogen (secondary N) is 2. The van der Waals surface area contributed by atoms with Gasteiger partial charge in [0, 0.05) is 41.8 Å². The van der Waals surface area contributed by atoms with E-state index in [1.165, 1.54) is 0 Å². The first-order valence-electron chi connectivity index (χ1n) is 8.31. The molecule has 0 aliphatic carbocycles. The molecule has 27 heavy (non-hydrogen) atoms. The first-order valence-corrected chi connectivity index (χ1v) is 8.69. The zero-order valence-electron chi connectivity index (χ0n) is 15.0. The second-order valence-corrected chi connectivity index (χ2v) is 6.31. The Morgan fingerprint density at radius 1 is 1.22 bits per heavy atom. The average molecular weight is 383 g/mol. The van der Waals surface area contributed by atoms with Crippen LogP contribution >= 0.6 is 11.6 Å². The molecule has 0 atom stereocenters. The normalized spacial score (nSPS) is 10.3. The maximum atomic E-state index is 12.4. The van der Waals surface area contributed by atoms with Gasteiger partial charge in [-0.25, -0.2) is 4.98 Å². The standard InChI is InChI=1S/C20H19ClN4O2/c1-13-8-17(18(27-2)10-16(13)21)25-19-9-15(5-7-23-19)20(26)24-12-14-4-3-6-22-11-14/h3-11H,12H2,1-2H3,(H,23,25)(H,24,26). The number of carbonyl (C=O) groups is 1. The van der Waals surface area contributed by atoms with E-state index in [9.17, 15) is 4.79 Å². The van der Waals surface area contributed by atoms with Crippen molar-refractivity contribution in [1.82, 2.24) is 15.3 Å². The van der Waals surface area contributed by atoms with Crippen molar-refractivity contribution in [3.63, 3.8) is 0 Å². The van der Waals surface area contributed by atoms with E-state index in [2.05, 4.69) is 20.6 Å². The monoisotopic (exact) mass is 382 g/mol. The fourth-order valence-corrected chi connectivity index (χ4v) is 2.65. The van der Waals surface area contributed by atoms with Gasteiger partial charge < -0.3 is 15.4 Å². The molecule has 2 aromatic heterocycles. The van der Waals surface area contributed by atoms with E-state index in [0.29, 0.717) is 28.7 Å². The van der Waals surface area contributed by atoms with Gasteiger partial charge in [-0.1, -0.05) is 17.7 Å². The zero-order chi connectivity index (χ0) is 19.2. The molecule has 0 spiro atoms. The Morgan fingerprint density at radius 2 is 2.07 bits per heavy atom. The number of carbonyl (C=O) groups excluding carboxylic acids is 1. The van der Waals surface area contributed by atoms with Gasteiger partial charge in [0.05, 0.1) is 12.8 Å². The molecule has 0 bridgehead atoms. The summed E-state index contributed by atoms with van der Waals surface area (Å²) in [6.07, 6.45) is 4.99. The minimum atomic E-state index is -0.191. The van der Waals surface area contributed by atoms with Crippen LogP contribution in [0.2, 0.25) is 5.02 Å². The Balaban J connectivity index is 1.74. The number of nitrogens with zero attached hydrogens (tertiary/aromatic N) is 2. The number of hydrogen-bond donors (Lipinski definition) is 2. The molecule has 3 aromatic rings. The van der Waals surface area contributed by atoms with E-state index in [-0.39, 0.29) is 5.91 Å². The largest absolute Gasteiger partial charge is 0.495 e. The maximum absolute atomic E-state index is 12.4. The number of aromatic nitrogens is 2. The summed E-state index contributed by atoms with van der Waals surface area (Å²) in [7, 11) is 1.57. The van der Waals surface area contributed by atoms with Crippen molar-refractivity contribution >= 4 is 29.0 Å². The molecule has 0 unspecified atom stereocenters. The highest BCUT2D eigenvalue weighted by Crippen LogP contribution is 2.32. The highest BCUT2D eigenvalue weighted by Gasteiger charge is 2.10. The molecule has 7 heteroatoms. The van der Waals surface area contributed by atoms with Gasteiger partial charge in [-0.15, -0.1) is 0 Å². The van der Waals surface area contributed by atoms with E-state index in [1.807, 2.05) is 25.1 Å². The van der Waals surface area contributed by atoms with Gasteiger partial charge in [0.25, 0.3) is 5.91 Å². The van der Waals surface area contributed by atoms with E-state index in [0.717, 1.165) is 16.8 Å². The number of methoxy groups -OCH3 is 1. The number of anilines is 2. The first kappa shape index (κ1) is 18.7. The highest BCUT2D eigenvalue weighted by atomic mass is 35.5. The van der Waals surface area contributed by atoms with Crippen molar-refractivity contribution in [2.45, 2.75) is 13.5 Å². The molecule has 1 amide bonds. The van der Waals surface area contributed by atoms with Crippen molar-refractivity contribution in [3.05, 3.63) is 76.7 Å². The minimum Gasteiger partial charge on any atom is -0.495 e. The van der Waals surface area contributed by atoms with Gasteiger partial charge in [-0.2, -0.15) is 0 Å². The number of rotatable bonds is 6. The van der Waals surface area contributed by atoms with Crippen LogP contribution in [0.5, 0.6) is 5.75 Å². The van der Waals surface area contributed by atoms with Crippen LogP contribution in [0.4, 0.5) is 11.5 Å². The molecular weight excluding hydrogens is 364 g/mol. The Hall–Kier alpha value is -3.12. The van der Waals surface area contributed by atoms with Gasteiger partial charge >= 0.3 is 0 Å². The predicted octanol–water partition coefficient (Wildman–Crippen LogP) is 4.12. The summed E-state index contributed by atoms with van der Waals surface area (Å²) in [5, 5.41) is 6.66. The van der Waals surface area contributed by atoms with Crippen LogP contribution in [0.1, 0.15) is 21.5 Å². The summed E-state index contributed by atoms with van der Waals surface area (Å²) in [4.78, 5) is 20.7. The lowest BCUT2D eigenvalue weighted by atomic mass is 10.2. The second kappa shape index (κ2) is 8.51. The van der Waals surface area contributed by atoms with Crippen molar-refractivity contribution in [1.29, 1.82) is 0 Å². The highest BCUT2D eigenvalue weighted by molar-refractivity contribution is 6.31. The van der Waals surface area contributed by atoms with Crippen LogP contribution in [0, 0.1) is 6.92 Å². The lowest BCUT2D eigenvalue weighted by Crippen LogP contribution is -2.23. The number of amides is 1. The third kappa shape index (κ3) is 4.74. The SMILES string of the molecule is COc1cc(Cl)c(C)cc1Nc1cc(C(=O)NCc2cccnc2)ccn1. The number of ether oxygens (including phenoxy) is 1. The van der Waals surface area contributed by atoms with Crippen LogP contribution in [0.25, 0.3) is 0 Å². The summed E-state index contributed by atoms with van der Waals surface area (Å²) in [5.41, 5.74) is 3.06. The summed E-state index contributed by atoms with van der Waals surface area (Å²) in [6.45, 7) is 2.31. The van der Waals surface area contributed by atoms with Crippen LogP contribution in [-0.2, 0) is 6.54 Å². The van der Waals surface area contributed by atoms with E-state index in [1.54, 1.807) is 43.9 Å². The molecule has 0 radical (unpaired) electrons. The molecule has 0 saturated carbocycles. The van der Waals surface area contributed by atoms with Gasteiger partial charge in [0.15, 0.2) is 0 Å². The van der Waals surface area contributed by atoms with Crippen LogP contribution < -0.4 is 15.4 Å². The van der Waals surface area contributed by atoms with Crippen molar-refractivity contribution < 1.29 is 9.53 Å². The molecule has 6 nitrogen and oxygen atoms in total. The molecule has 3 rings (SSSR count). The quantitative estimate of drug-likeness (QED) is 0.670. The third-order valence-corrected chi connectivity index (χ3v) is 4.35. The molecule has 0 fully saturated rings. The van der Waals surface area contributed by atoms with Crippen molar-refractivity contribution in [2.75, 3.05) is 12.4 Å². The van der Waals surface area contributed by atoms with Crippen molar-refractivity contribution in [2.24, 2.45) is 0 Å². The number of pyridine rings is 2. The molecule has 0 aliphatic heterocycles. The topological polar surface area (TPSA) is 76.1 Å². The minimum absolute atomic E-state index is 0.191. The maximum Gasteiger partial charge on any atom is 0.251 e. The third-order valence-electron chi connectivity index (χ3n) is 3.94. The number of hydrogen-bond acceptors (Lipinski definition) is 5. The van der Waals surface area contributed by atoms with E-state index < -0.39 is 0 Å². The fourth-order valence-electron chi connectivity index (χ4n) is 2.50. The molecule has 138 valence electrons. The van der Waals surface area contributed by atoms with Gasteiger partial charge in [-0.3, -0.25) is 9.78 Å². The zero-order valence-corrected chi connectivity index (χ0v) is 15.7. The summed E-state index contributed by atoms with van der Waals surface area (Å²) >= 11 is 6.14. The molecule has 2 N–H and O–H groups in total. The summed E-state index contributed by atoms with van der Waals surface area (Å²) in [6, 6.07) is 10.7. The lowest BCUT2D eigenvalue weighted by molar-refractivity contribution is 0.0951. The number of aryl methyl sites for hydroxylation is 1. The molecule has 1 aromatic carbocycles. The molecular formula is C20H19ClN4O2. The predicted molar refractivity (Wildman–Crippen MR) is 106 cm³/mol. The smallest absolute Gasteiger partial charge is 0.251 e. The van der Waals surface area contributed by atoms with Crippen molar-refractivity contribution in [3.8, 4) is 5.75 Å². The Bertz CT molecular complexity index is 948. The Morgan fingerprint density at radius 3 is 2.81 bits per heavy atom. The van der Waals surface area contributed by atoms with Gasteiger partial charge in [-0.05, 0) is 42.3 Å². The number of benzene rings is 1. The number of halogens is 1. The first-order chi connectivity index (χ1) is 13.1. The second-order valence-electron chi connectivity index (χ2n) is 5.90. The Kier molecular flexibility index (Phi) is 5.88. The average Bonchev–Trinajstić information content (AvgIpc) is 2.69. The van der Waals surface area contributed by atoms with Gasteiger partial charge in [0.2, 0.25) is 0 Å². The molecule has 0 saturated heterocycles. The van der Waals surface area contributed by atoms with Gasteiger partial charge in [0.1, 0.15) is 11.6 Å². The van der Waals surface area contributed by atoms with Crippen LogP contribution in [0.3, 0.4) is 0 Å². The molecule has 0 aliphatic rings.